The highest BCUT2D eigenvalue weighted by Gasteiger charge is 2.26. The van der Waals surface area contributed by atoms with E-state index in [4.69, 9.17) is 10.5 Å². The van der Waals surface area contributed by atoms with Gasteiger partial charge >= 0.3 is 6.09 Å². The van der Waals surface area contributed by atoms with Crippen molar-refractivity contribution in [3.63, 3.8) is 0 Å². The van der Waals surface area contributed by atoms with Crippen molar-refractivity contribution in [2.75, 3.05) is 31.1 Å². The molecule has 22 heavy (non-hydrogen) atoms. The summed E-state index contributed by atoms with van der Waals surface area (Å²) in [5, 5.41) is 0. The number of hydrogen-bond donors (Lipinski definition) is 1. The molecule has 0 aliphatic carbocycles. The maximum absolute atomic E-state index is 12.0. The predicted molar refractivity (Wildman–Crippen MR) is 84.7 cm³/mol. The molecule has 2 N–H and O–H groups in total. The van der Waals surface area contributed by atoms with Gasteiger partial charge in [0.05, 0.1) is 5.69 Å². The summed E-state index contributed by atoms with van der Waals surface area (Å²) in [6, 6.07) is 1.89. The molecule has 7 heteroatoms. The Kier molecular flexibility index (Phi) is 4.85. The molecule has 1 aromatic heterocycles. The quantitative estimate of drug-likeness (QED) is 0.886. The van der Waals surface area contributed by atoms with E-state index < -0.39 is 5.60 Å². The molecule has 0 unspecified atom stereocenters. The van der Waals surface area contributed by atoms with Gasteiger partial charge in [0.15, 0.2) is 0 Å². The Morgan fingerprint density at radius 2 is 1.91 bits per heavy atom. The first kappa shape index (κ1) is 16.5. The number of rotatable bonds is 2. The largest absolute Gasteiger partial charge is 0.444 e. The molecule has 1 saturated heterocycles. The highest BCUT2D eigenvalue weighted by atomic mass is 16.6. The van der Waals surface area contributed by atoms with Gasteiger partial charge in [-0.1, -0.05) is 0 Å². The first-order valence-corrected chi connectivity index (χ1v) is 7.56. The Morgan fingerprint density at radius 3 is 2.45 bits per heavy atom. The van der Waals surface area contributed by atoms with Crippen LogP contribution in [0.5, 0.6) is 0 Å². The zero-order chi connectivity index (χ0) is 16.3. The number of hydrogen-bond acceptors (Lipinski definition) is 6. The number of aromatic nitrogens is 2. The monoisotopic (exact) mass is 307 g/mol. The Morgan fingerprint density at radius 1 is 1.27 bits per heavy atom. The summed E-state index contributed by atoms with van der Waals surface area (Å²) < 4.78 is 5.39. The third-order valence-electron chi connectivity index (χ3n) is 3.32. The van der Waals surface area contributed by atoms with Crippen molar-refractivity contribution in [3.8, 4) is 0 Å². The molecule has 0 saturated carbocycles. The van der Waals surface area contributed by atoms with Crippen LogP contribution in [-0.2, 0) is 11.3 Å². The van der Waals surface area contributed by atoms with Gasteiger partial charge in [-0.25, -0.2) is 14.8 Å². The Bertz CT molecular complexity index is 533. The van der Waals surface area contributed by atoms with E-state index in [0.29, 0.717) is 38.7 Å². The maximum atomic E-state index is 12.0. The molecule has 122 valence electrons. The molecule has 0 spiro atoms. The van der Waals surface area contributed by atoms with E-state index in [9.17, 15) is 4.79 Å². The highest BCUT2D eigenvalue weighted by molar-refractivity contribution is 5.68. The van der Waals surface area contributed by atoms with Gasteiger partial charge in [0.2, 0.25) is 5.95 Å². The predicted octanol–water partition coefficient (Wildman–Crippen LogP) is 1.30. The van der Waals surface area contributed by atoms with Gasteiger partial charge in [-0.15, -0.1) is 0 Å². The summed E-state index contributed by atoms with van der Waals surface area (Å²) in [6.07, 6.45) is -0.264. The van der Waals surface area contributed by atoms with Crippen molar-refractivity contribution in [2.24, 2.45) is 5.73 Å². The van der Waals surface area contributed by atoms with Crippen molar-refractivity contribution in [2.45, 2.75) is 39.8 Å². The molecule has 1 aliphatic heterocycles. The minimum Gasteiger partial charge on any atom is -0.444 e. The van der Waals surface area contributed by atoms with Gasteiger partial charge in [-0.3, -0.25) is 0 Å². The second kappa shape index (κ2) is 6.48. The first-order valence-electron chi connectivity index (χ1n) is 7.56. The summed E-state index contributed by atoms with van der Waals surface area (Å²) in [5.41, 5.74) is 6.92. The number of aryl methyl sites for hydroxylation is 1. The molecule has 2 heterocycles. The minimum absolute atomic E-state index is 0.264. The fraction of sp³-hybridized carbons (Fsp3) is 0.667. The van der Waals surface area contributed by atoms with Crippen molar-refractivity contribution in [3.05, 3.63) is 17.5 Å². The summed E-state index contributed by atoms with van der Waals surface area (Å²) in [4.78, 5) is 24.8. The molecule has 2 rings (SSSR count). The summed E-state index contributed by atoms with van der Waals surface area (Å²) in [6.45, 7) is 10.5. The molecule has 1 aromatic rings. The van der Waals surface area contributed by atoms with Gasteiger partial charge < -0.3 is 20.3 Å². The van der Waals surface area contributed by atoms with Crippen molar-refractivity contribution < 1.29 is 9.53 Å². The molecule has 0 bridgehead atoms. The first-order chi connectivity index (χ1) is 10.3. The number of ether oxygens (including phenoxy) is 1. The van der Waals surface area contributed by atoms with Crippen LogP contribution in [0.2, 0.25) is 0 Å². The third-order valence-corrected chi connectivity index (χ3v) is 3.32. The highest BCUT2D eigenvalue weighted by Crippen LogP contribution is 2.15. The number of piperazine rings is 1. The van der Waals surface area contributed by atoms with Crippen LogP contribution in [0.15, 0.2) is 6.07 Å². The Balaban J connectivity index is 1.97. The van der Waals surface area contributed by atoms with E-state index in [0.717, 1.165) is 11.4 Å². The second-order valence-electron chi connectivity index (χ2n) is 6.46. The molecule has 1 fully saturated rings. The molecular weight excluding hydrogens is 282 g/mol. The van der Waals surface area contributed by atoms with Gasteiger partial charge in [-0.05, 0) is 33.8 Å². The smallest absolute Gasteiger partial charge is 0.410 e. The molecule has 1 aliphatic rings. The van der Waals surface area contributed by atoms with E-state index in [1.165, 1.54) is 0 Å². The van der Waals surface area contributed by atoms with Crippen LogP contribution in [0.25, 0.3) is 0 Å². The fourth-order valence-corrected chi connectivity index (χ4v) is 2.28. The lowest BCUT2D eigenvalue weighted by atomic mass is 10.2. The van der Waals surface area contributed by atoms with E-state index in [2.05, 4.69) is 14.9 Å². The van der Waals surface area contributed by atoms with E-state index in [1.807, 2.05) is 33.8 Å². The van der Waals surface area contributed by atoms with E-state index in [-0.39, 0.29) is 6.09 Å². The van der Waals surface area contributed by atoms with E-state index in [1.54, 1.807) is 4.90 Å². The zero-order valence-corrected chi connectivity index (χ0v) is 13.8. The van der Waals surface area contributed by atoms with Crippen LogP contribution < -0.4 is 10.6 Å². The molecular formula is C15H25N5O2. The van der Waals surface area contributed by atoms with Crippen LogP contribution in [0, 0.1) is 6.92 Å². The lowest BCUT2D eigenvalue weighted by molar-refractivity contribution is 0.0240. The van der Waals surface area contributed by atoms with Crippen LogP contribution in [0.3, 0.4) is 0 Å². The number of anilines is 1. The summed E-state index contributed by atoms with van der Waals surface area (Å²) >= 11 is 0. The number of amides is 1. The van der Waals surface area contributed by atoms with Crippen molar-refractivity contribution in [1.82, 2.24) is 14.9 Å². The number of nitrogens with zero attached hydrogens (tertiary/aromatic N) is 4. The van der Waals surface area contributed by atoms with Gasteiger partial charge in [0, 0.05) is 38.4 Å². The standard InChI is InChI=1S/C15H25N5O2/c1-11-9-12(10-16)18-13(17-11)19-5-7-20(8-6-19)14(21)22-15(2,3)4/h9H,5-8,10,16H2,1-4H3. The lowest BCUT2D eigenvalue weighted by Crippen LogP contribution is -2.50. The lowest BCUT2D eigenvalue weighted by Gasteiger charge is -2.35. The van der Waals surface area contributed by atoms with Crippen LogP contribution >= 0.6 is 0 Å². The van der Waals surface area contributed by atoms with Crippen molar-refractivity contribution in [1.29, 1.82) is 0 Å². The van der Waals surface area contributed by atoms with Gasteiger partial charge in [0.1, 0.15) is 5.60 Å². The average molecular weight is 307 g/mol. The molecule has 0 aromatic carbocycles. The Labute approximate surface area is 131 Å². The summed E-state index contributed by atoms with van der Waals surface area (Å²) in [7, 11) is 0. The molecule has 7 nitrogen and oxygen atoms in total. The third kappa shape index (κ3) is 4.30. The van der Waals surface area contributed by atoms with Gasteiger partial charge in [0.25, 0.3) is 0 Å². The normalized spacial score (nSPS) is 15.9. The fourth-order valence-electron chi connectivity index (χ4n) is 2.28. The molecule has 0 atom stereocenters. The topological polar surface area (TPSA) is 84.6 Å². The van der Waals surface area contributed by atoms with Gasteiger partial charge in [-0.2, -0.15) is 0 Å². The maximum Gasteiger partial charge on any atom is 0.410 e. The van der Waals surface area contributed by atoms with Crippen LogP contribution in [0.1, 0.15) is 32.2 Å². The minimum atomic E-state index is -0.468. The molecule has 0 radical (unpaired) electrons. The summed E-state index contributed by atoms with van der Waals surface area (Å²) in [5.74, 6) is 0.685. The average Bonchev–Trinajstić information content (AvgIpc) is 2.45. The van der Waals surface area contributed by atoms with E-state index >= 15 is 0 Å². The van der Waals surface area contributed by atoms with Crippen LogP contribution in [-0.4, -0.2) is 52.7 Å². The SMILES string of the molecule is Cc1cc(CN)nc(N2CCN(C(=O)OC(C)(C)C)CC2)n1. The van der Waals surface area contributed by atoms with Crippen molar-refractivity contribution >= 4 is 12.0 Å². The number of carbonyl (C=O) groups is 1. The second-order valence-corrected chi connectivity index (χ2v) is 6.46. The Hall–Kier alpha value is -1.89. The number of carbonyl (C=O) groups excluding carboxylic acids is 1. The number of nitrogens with two attached hydrogens (primary N) is 1. The zero-order valence-electron chi connectivity index (χ0n) is 13.8. The van der Waals surface area contributed by atoms with Crippen LogP contribution in [0.4, 0.5) is 10.7 Å². The molecule has 1 amide bonds.